The second kappa shape index (κ2) is 6.68. The van der Waals surface area contributed by atoms with Crippen molar-refractivity contribution in [2.24, 2.45) is 0 Å². The van der Waals surface area contributed by atoms with E-state index >= 15 is 0 Å². The molecule has 1 N–H and O–H groups in total. The number of carboxylic acids is 1. The molecule has 0 bridgehead atoms. The maximum Gasteiger partial charge on any atom is 0.323 e. The third-order valence-electron chi connectivity index (χ3n) is 3.47. The van der Waals surface area contributed by atoms with Gasteiger partial charge in [-0.3, -0.25) is 9.69 Å². The predicted molar refractivity (Wildman–Crippen MR) is 75.2 cm³/mol. The minimum Gasteiger partial charge on any atom is -0.480 e. The quantitative estimate of drug-likeness (QED) is 0.823. The molecule has 1 aromatic rings. The normalized spacial score (nSPS) is 13.5. The topological polar surface area (TPSA) is 49.8 Å². The van der Waals surface area contributed by atoms with Crippen LogP contribution in [0.1, 0.15) is 32.4 Å². The fourth-order valence-corrected chi connectivity index (χ4v) is 2.33. The Labute approximate surface area is 115 Å². The first-order valence-electron chi connectivity index (χ1n) is 6.49. The zero-order valence-electron chi connectivity index (χ0n) is 12.1. The number of benzene rings is 1. The number of methoxy groups -OCH3 is 1. The van der Waals surface area contributed by atoms with Gasteiger partial charge in [0.1, 0.15) is 5.54 Å². The molecule has 1 unspecified atom stereocenters. The molecule has 0 aromatic heterocycles. The van der Waals surface area contributed by atoms with Crippen LogP contribution >= 0.6 is 0 Å². The average molecular weight is 265 g/mol. The lowest BCUT2D eigenvalue weighted by molar-refractivity contribution is -0.151. The first kappa shape index (κ1) is 15.7. The van der Waals surface area contributed by atoms with Crippen LogP contribution in [0, 0.1) is 0 Å². The molecule has 0 fully saturated rings. The monoisotopic (exact) mass is 265 g/mol. The number of likely N-dealkylation sites (N-methyl/N-ethyl adjacent to an activating group) is 1. The van der Waals surface area contributed by atoms with Crippen molar-refractivity contribution in [1.82, 2.24) is 4.90 Å². The average Bonchev–Trinajstić information content (AvgIpc) is 2.39. The molecule has 0 radical (unpaired) electrons. The Morgan fingerprint density at radius 3 is 2.37 bits per heavy atom. The molecule has 19 heavy (non-hydrogen) atoms. The van der Waals surface area contributed by atoms with Crippen molar-refractivity contribution >= 4 is 5.97 Å². The summed E-state index contributed by atoms with van der Waals surface area (Å²) in [6.45, 7) is 6.53. The first-order chi connectivity index (χ1) is 8.95. The van der Waals surface area contributed by atoms with Crippen LogP contribution in [0.5, 0.6) is 0 Å². The van der Waals surface area contributed by atoms with Crippen molar-refractivity contribution in [3.63, 3.8) is 0 Å². The van der Waals surface area contributed by atoms with Gasteiger partial charge in [-0.25, -0.2) is 0 Å². The van der Waals surface area contributed by atoms with Crippen LogP contribution in [-0.2, 0) is 9.53 Å². The van der Waals surface area contributed by atoms with Gasteiger partial charge in [0, 0.05) is 7.11 Å². The lowest BCUT2D eigenvalue weighted by Crippen LogP contribution is -2.52. The molecular weight excluding hydrogens is 242 g/mol. The smallest absolute Gasteiger partial charge is 0.323 e. The van der Waals surface area contributed by atoms with Crippen molar-refractivity contribution in [3.8, 4) is 0 Å². The van der Waals surface area contributed by atoms with Gasteiger partial charge in [0.25, 0.3) is 0 Å². The highest BCUT2D eigenvalue weighted by Gasteiger charge is 2.38. The van der Waals surface area contributed by atoms with Gasteiger partial charge >= 0.3 is 5.97 Å². The summed E-state index contributed by atoms with van der Waals surface area (Å²) in [6.07, 6.45) is 0. The molecule has 0 saturated carbocycles. The van der Waals surface area contributed by atoms with Crippen molar-refractivity contribution in [2.45, 2.75) is 32.4 Å². The highest BCUT2D eigenvalue weighted by molar-refractivity contribution is 5.77. The number of rotatable bonds is 7. The van der Waals surface area contributed by atoms with E-state index in [1.54, 1.807) is 21.0 Å². The molecule has 0 aliphatic carbocycles. The third-order valence-corrected chi connectivity index (χ3v) is 3.47. The third kappa shape index (κ3) is 3.55. The van der Waals surface area contributed by atoms with Gasteiger partial charge in [0.05, 0.1) is 12.6 Å². The highest BCUT2D eigenvalue weighted by Crippen LogP contribution is 2.28. The fourth-order valence-electron chi connectivity index (χ4n) is 2.33. The number of aliphatic carboxylic acids is 1. The number of nitrogens with zero attached hydrogens (tertiary/aromatic N) is 1. The van der Waals surface area contributed by atoms with Crippen LogP contribution in [0.2, 0.25) is 0 Å². The van der Waals surface area contributed by atoms with Crippen molar-refractivity contribution in [2.75, 3.05) is 20.3 Å². The fraction of sp³-hybridized carbons (Fsp3) is 0.533. The van der Waals surface area contributed by atoms with E-state index < -0.39 is 11.5 Å². The van der Waals surface area contributed by atoms with E-state index in [0.29, 0.717) is 13.2 Å². The van der Waals surface area contributed by atoms with Crippen molar-refractivity contribution < 1.29 is 14.6 Å². The molecule has 1 atom stereocenters. The summed E-state index contributed by atoms with van der Waals surface area (Å²) in [6, 6.07) is 9.81. The summed E-state index contributed by atoms with van der Waals surface area (Å²) in [5, 5.41) is 9.42. The first-order valence-corrected chi connectivity index (χ1v) is 6.49. The van der Waals surface area contributed by atoms with Crippen LogP contribution < -0.4 is 0 Å². The summed E-state index contributed by atoms with van der Waals surface area (Å²) in [4.78, 5) is 13.4. The molecule has 1 rings (SSSR count). The second-order valence-electron chi connectivity index (χ2n) is 5.03. The van der Waals surface area contributed by atoms with Gasteiger partial charge in [0.15, 0.2) is 0 Å². The maximum absolute atomic E-state index is 11.5. The van der Waals surface area contributed by atoms with E-state index in [4.69, 9.17) is 4.74 Å². The van der Waals surface area contributed by atoms with Gasteiger partial charge < -0.3 is 9.84 Å². The maximum atomic E-state index is 11.5. The zero-order valence-corrected chi connectivity index (χ0v) is 12.1. The standard InChI is InChI=1S/C15H23NO3/c1-5-16(15(2,3)14(17)18)13(11-19-4)12-9-7-6-8-10-12/h6-10,13H,5,11H2,1-4H3,(H,17,18). The Kier molecular flexibility index (Phi) is 5.51. The Bertz CT molecular complexity index is 403. The largest absolute Gasteiger partial charge is 0.480 e. The number of hydrogen-bond acceptors (Lipinski definition) is 3. The van der Waals surface area contributed by atoms with Crippen LogP contribution in [-0.4, -0.2) is 41.8 Å². The lowest BCUT2D eigenvalue weighted by atomic mass is 9.96. The highest BCUT2D eigenvalue weighted by atomic mass is 16.5. The van der Waals surface area contributed by atoms with Gasteiger partial charge in [-0.15, -0.1) is 0 Å². The van der Waals surface area contributed by atoms with E-state index in [-0.39, 0.29) is 6.04 Å². The molecule has 0 saturated heterocycles. The molecule has 1 aromatic carbocycles. The lowest BCUT2D eigenvalue weighted by Gasteiger charge is -2.40. The van der Waals surface area contributed by atoms with E-state index in [0.717, 1.165) is 5.56 Å². The molecule has 0 amide bonds. The summed E-state index contributed by atoms with van der Waals surface area (Å²) < 4.78 is 5.28. The van der Waals surface area contributed by atoms with Crippen LogP contribution in [0.15, 0.2) is 30.3 Å². The van der Waals surface area contributed by atoms with E-state index in [1.165, 1.54) is 0 Å². The molecule has 0 spiro atoms. The van der Waals surface area contributed by atoms with E-state index in [9.17, 15) is 9.90 Å². The van der Waals surface area contributed by atoms with Crippen LogP contribution in [0.25, 0.3) is 0 Å². The zero-order chi connectivity index (χ0) is 14.5. The number of carboxylic acid groups (broad SMARTS) is 1. The SMILES string of the molecule is CCN(C(COC)c1ccccc1)C(C)(C)C(=O)O. The number of carbonyl (C=O) groups is 1. The molecule has 0 aliphatic heterocycles. The van der Waals surface area contributed by atoms with Gasteiger partial charge in [-0.2, -0.15) is 0 Å². The Hall–Kier alpha value is -1.39. The summed E-state index contributed by atoms with van der Waals surface area (Å²) in [7, 11) is 1.64. The number of ether oxygens (including phenoxy) is 1. The van der Waals surface area contributed by atoms with Gasteiger partial charge in [-0.1, -0.05) is 37.3 Å². The van der Waals surface area contributed by atoms with E-state index in [2.05, 4.69) is 0 Å². The minimum atomic E-state index is -0.937. The van der Waals surface area contributed by atoms with Gasteiger partial charge in [0.2, 0.25) is 0 Å². The van der Waals surface area contributed by atoms with Crippen molar-refractivity contribution in [1.29, 1.82) is 0 Å². The summed E-state index contributed by atoms with van der Waals surface area (Å²) in [5.41, 5.74) is 0.133. The van der Waals surface area contributed by atoms with E-state index in [1.807, 2.05) is 42.2 Å². The Balaban J connectivity index is 3.12. The van der Waals surface area contributed by atoms with Gasteiger partial charge in [-0.05, 0) is 26.0 Å². The summed E-state index contributed by atoms with van der Waals surface area (Å²) in [5.74, 6) is -0.827. The van der Waals surface area contributed by atoms with Crippen molar-refractivity contribution in [3.05, 3.63) is 35.9 Å². The molecular formula is C15H23NO3. The Morgan fingerprint density at radius 1 is 1.37 bits per heavy atom. The molecule has 0 heterocycles. The molecule has 106 valence electrons. The molecule has 0 aliphatic rings. The second-order valence-corrected chi connectivity index (χ2v) is 5.03. The Morgan fingerprint density at radius 2 is 1.95 bits per heavy atom. The predicted octanol–water partition coefficient (Wildman–Crippen LogP) is 2.56. The number of hydrogen-bond donors (Lipinski definition) is 1. The minimum absolute atomic E-state index is 0.0673. The molecule has 4 nitrogen and oxygen atoms in total. The van der Waals surface area contributed by atoms with Crippen LogP contribution in [0.3, 0.4) is 0 Å². The van der Waals surface area contributed by atoms with Crippen LogP contribution in [0.4, 0.5) is 0 Å². The molecule has 4 heteroatoms. The summed E-state index contributed by atoms with van der Waals surface area (Å²) >= 11 is 0.